The van der Waals surface area contributed by atoms with E-state index in [0.29, 0.717) is 6.04 Å². The first kappa shape index (κ1) is 14.3. The molecule has 0 radical (unpaired) electrons. The highest BCUT2D eigenvalue weighted by molar-refractivity contribution is 5.27. The molecule has 1 aromatic heterocycles. The highest BCUT2D eigenvalue weighted by atomic mass is 15.3. The third-order valence-electron chi connectivity index (χ3n) is 4.42. The second kappa shape index (κ2) is 4.75. The van der Waals surface area contributed by atoms with E-state index in [4.69, 9.17) is 0 Å². The Morgan fingerprint density at radius 1 is 1.11 bits per heavy atom. The Morgan fingerprint density at radius 3 is 2.05 bits per heavy atom. The zero-order valence-electron chi connectivity index (χ0n) is 13.0. The maximum Gasteiger partial charge on any atom is 0.222 e. The number of piperidine rings is 1. The summed E-state index contributed by atoms with van der Waals surface area (Å²) in [4.78, 5) is 11.2. The molecule has 0 saturated carbocycles. The van der Waals surface area contributed by atoms with Gasteiger partial charge in [0.05, 0.1) is 0 Å². The van der Waals surface area contributed by atoms with Gasteiger partial charge in [0.1, 0.15) is 0 Å². The topological polar surface area (TPSA) is 41.1 Å². The molecule has 1 aliphatic rings. The average molecular weight is 262 g/mol. The number of nitrogens with zero attached hydrogens (tertiary/aromatic N) is 3. The molecule has 1 aromatic rings. The first-order chi connectivity index (χ1) is 8.71. The van der Waals surface area contributed by atoms with E-state index in [9.17, 15) is 0 Å². The van der Waals surface area contributed by atoms with E-state index >= 15 is 0 Å². The number of aromatic nitrogens is 2. The van der Waals surface area contributed by atoms with Crippen LogP contribution >= 0.6 is 0 Å². The highest BCUT2D eigenvalue weighted by Crippen LogP contribution is 2.37. The molecule has 19 heavy (non-hydrogen) atoms. The quantitative estimate of drug-likeness (QED) is 0.890. The SMILES string of the molecule is Cc1cnc(NC2CC(C)(C)N(C)C(C)(C)C2)nc1. The van der Waals surface area contributed by atoms with Gasteiger partial charge < -0.3 is 5.32 Å². The van der Waals surface area contributed by atoms with E-state index in [1.54, 1.807) is 0 Å². The number of aryl methyl sites for hydroxylation is 1. The van der Waals surface area contributed by atoms with Crippen molar-refractivity contribution in [2.45, 2.75) is 64.6 Å². The van der Waals surface area contributed by atoms with Gasteiger partial charge in [-0.2, -0.15) is 0 Å². The average Bonchev–Trinajstić information content (AvgIpc) is 2.28. The maximum absolute atomic E-state index is 4.35. The molecule has 4 heteroatoms. The van der Waals surface area contributed by atoms with Crippen LogP contribution in [0.3, 0.4) is 0 Å². The van der Waals surface area contributed by atoms with Crippen molar-refractivity contribution >= 4 is 5.95 Å². The molecule has 1 fully saturated rings. The van der Waals surface area contributed by atoms with Crippen molar-refractivity contribution in [3.63, 3.8) is 0 Å². The van der Waals surface area contributed by atoms with E-state index in [2.05, 4.69) is 54.9 Å². The predicted molar refractivity (Wildman–Crippen MR) is 79.3 cm³/mol. The molecule has 0 atom stereocenters. The minimum atomic E-state index is 0.185. The first-order valence-electron chi connectivity index (χ1n) is 7.00. The number of nitrogens with one attached hydrogen (secondary N) is 1. The number of rotatable bonds is 2. The number of likely N-dealkylation sites (tertiary alicyclic amines) is 1. The lowest BCUT2D eigenvalue weighted by Gasteiger charge is -2.53. The molecule has 0 bridgehead atoms. The molecular weight excluding hydrogens is 236 g/mol. The second-order valence-corrected chi connectivity index (χ2v) is 7.02. The molecule has 106 valence electrons. The van der Waals surface area contributed by atoms with Gasteiger partial charge in [-0.05, 0) is 60.1 Å². The van der Waals surface area contributed by atoms with Crippen LogP contribution in [0.25, 0.3) is 0 Å². The van der Waals surface area contributed by atoms with Gasteiger partial charge in [-0.1, -0.05) is 0 Å². The standard InChI is InChI=1S/C15H26N4/c1-11-9-16-13(17-10-11)18-12-7-14(2,3)19(6)15(4,5)8-12/h9-10,12H,7-8H2,1-6H3,(H,16,17,18). The zero-order chi connectivity index (χ0) is 14.3. The lowest BCUT2D eigenvalue weighted by molar-refractivity contribution is -0.00778. The van der Waals surface area contributed by atoms with Gasteiger partial charge in [-0.15, -0.1) is 0 Å². The molecule has 1 N–H and O–H groups in total. The molecule has 0 spiro atoms. The Balaban J connectivity index is 2.11. The van der Waals surface area contributed by atoms with Crippen molar-refractivity contribution < 1.29 is 0 Å². The van der Waals surface area contributed by atoms with E-state index in [1.165, 1.54) is 0 Å². The van der Waals surface area contributed by atoms with Crippen molar-refractivity contribution in [1.82, 2.24) is 14.9 Å². The van der Waals surface area contributed by atoms with Crippen molar-refractivity contribution in [3.8, 4) is 0 Å². The van der Waals surface area contributed by atoms with E-state index in [1.807, 2.05) is 19.3 Å². The minimum absolute atomic E-state index is 0.185. The van der Waals surface area contributed by atoms with Crippen LogP contribution in [0.4, 0.5) is 5.95 Å². The molecule has 4 nitrogen and oxygen atoms in total. The van der Waals surface area contributed by atoms with Gasteiger partial charge in [0.15, 0.2) is 0 Å². The van der Waals surface area contributed by atoms with Crippen LogP contribution in [0.5, 0.6) is 0 Å². The maximum atomic E-state index is 4.35. The van der Waals surface area contributed by atoms with Gasteiger partial charge in [0, 0.05) is 29.5 Å². The Kier molecular flexibility index (Phi) is 3.56. The normalized spacial score (nSPS) is 23.3. The fourth-order valence-electron chi connectivity index (χ4n) is 3.12. The predicted octanol–water partition coefficient (Wildman–Crippen LogP) is 2.85. The van der Waals surface area contributed by atoms with Gasteiger partial charge in [-0.25, -0.2) is 9.97 Å². The van der Waals surface area contributed by atoms with Gasteiger partial charge >= 0.3 is 0 Å². The van der Waals surface area contributed by atoms with Crippen molar-refractivity contribution in [3.05, 3.63) is 18.0 Å². The van der Waals surface area contributed by atoms with Crippen molar-refractivity contribution in [2.24, 2.45) is 0 Å². The molecule has 0 unspecified atom stereocenters. The van der Waals surface area contributed by atoms with Crippen LogP contribution in [0.15, 0.2) is 12.4 Å². The number of hydrogen-bond acceptors (Lipinski definition) is 4. The van der Waals surface area contributed by atoms with Crippen molar-refractivity contribution in [2.75, 3.05) is 12.4 Å². The number of hydrogen-bond donors (Lipinski definition) is 1. The molecule has 0 aliphatic carbocycles. The fraction of sp³-hybridized carbons (Fsp3) is 0.733. The summed E-state index contributed by atoms with van der Waals surface area (Å²) in [6.07, 6.45) is 5.93. The summed E-state index contributed by atoms with van der Waals surface area (Å²) < 4.78 is 0. The van der Waals surface area contributed by atoms with E-state index < -0.39 is 0 Å². The monoisotopic (exact) mass is 262 g/mol. The van der Waals surface area contributed by atoms with Crippen LogP contribution in [0.2, 0.25) is 0 Å². The molecule has 2 heterocycles. The van der Waals surface area contributed by atoms with Gasteiger partial charge in [-0.3, -0.25) is 4.90 Å². The zero-order valence-corrected chi connectivity index (χ0v) is 13.0. The molecule has 1 saturated heterocycles. The minimum Gasteiger partial charge on any atom is -0.351 e. The summed E-state index contributed by atoms with van der Waals surface area (Å²) in [5.41, 5.74) is 1.46. The highest BCUT2D eigenvalue weighted by Gasteiger charge is 2.43. The second-order valence-electron chi connectivity index (χ2n) is 7.02. The summed E-state index contributed by atoms with van der Waals surface area (Å²) >= 11 is 0. The van der Waals surface area contributed by atoms with Gasteiger partial charge in [0.25, 0.3) is 0 Å². The molecule has 0 amide bonds. The first-order valence-corrected chi connectivity index (χ1v) is 7.00. The Bertz CT molecular complexity index is 418. The third-order valence-corrected chi connectivity index (χ3v) is 4.42. The van der Waals surface area contributed by atoms with Crippen LogP contribution in [0.1, 0.15) is 46.1 Å². The van der Waals surface area contributed by atoms with E-state index in [0.717, 1.165) is 24.4 Å². The largest absolute Gasteiger partial charge is 0.351 e. The number of anilines is 1. The summed E-state index contributed by atoms with van der Waals surface area (Å²) in [6.45, 7) is 11.2. The molecule has 1 aliphatic heterocycles. The van der Waals surface area contributed by atoms with Crippen LogP contribution in [-0.4, -0.2) is 39.0 Å². The smallest absolute Gasteiger partial charge is 0.222 e. The lowest BCUT2D eigenvalue weighted by Crippen LogP contribution is -2.61. The lowest BCUT2D eigenvalue weighted by atomic mass is 9.77. The van der Waals surface area contributed by atoms with Crippen LogP contribution in [0, 0.1) is 6.92 Å². The summed E-state index contributed by atoms with van der Waals surface area (Å²) in [5, 5.41) is 3.49. The van der Waals surface area contributed by atoms with Crippen LogP contribution < -0.4 is 5.32 Å². The molecule has 2 rings (SSSR count). The Morgan fingerprint density at radius 2 is 1.58 bits per heavy atom. The third kappa shape index (κ3) is 3.06. The Hall–Kier alpha value is -1.16. The molecular formula is C15H26N4. The van der Waals surface area contributed by atoms with E-state index in [-0.39, 0.29) is 11.1 Å². The van der Waals surface area contributed by atoms with Crippen molar-refractivity contribution in [1.29, 1.82) is 0 Å². The Labute approximate surface area is 116 Å². The fourth-order valence-corrected chi connectivity index (χ4v) is 3.12. The van der Waals surface area contributed by atoms with Crippen LogP contribution in [-0.2, 0) is 0 Å². The molecule has 0 aromatic carbocycles. The summed E-state index contributed by atoms with van der Waals surface area (Å²) in [7, 11) is 2.22. The summed E-state index contributed by atoms with van der Waals surface area (Å²) in [5.74, 6) is 0.742. The summed E-state index contributed by atoms with van der Waals surface area (Å²) in [6, 6.07) is 0.420. The van der Waals surface area contributed by atoms with Gasteiger partial charge in [0.2, 0.25) is 5.95 Å².